The van der Waals surface area contributed by atoms with Crippen LogP contribution in [0.5, 0.6) is 0 Å². The van der Waals surface area contributed by atoms with E-state index in [1.807, 2.05) is 0 Å². The average Bonchev–Trinajstić information content (AvgIpc) is 2.67. The fourth-order valence-electron chi connectivity index (χ4n) is 1.75. The van der Waals surface area contributed by atoms with E-state index in [-0.39, 0.29) is 12.1 Å². The topological polar surface area (TPSA) is 64.6 Å². The number of nitrogens with one attached hydrogen (secondary N) is 2. The van der Waals surface area contributed by atoms with Crippen LogP contribution in [0.4, 0.5) is 4.79 Å². The number of carbonyl (C=O) groups is 1. The van der Waals surface area contributed by atoms with Gasteiger partial charge in [0, 0.05) is 32.7 Å². The summed E-state index contributed by atoms with van der Waals surface area (Å²) in [5.74, 6) is 0. The van der Waals surface area contributed by atoms with Gasteiger partial charge in [-0.15, -0.1) is 0 Å². The van der Waals surface area contributed by atoms with Crippen molar-refractivity contribution in [3.63, 3.8) is 0 Å². The minimum atomic E-state index is -0.257. The quantitative estimate of drug-likeness (QED) is 0.519. The Balaban J connectivity index is 1.96. The molecule has 1 aliphatic heterocycles. The number of carbonyl (C=O) groups excluding carboxylic acids is 1. The zero-order valence-corrected chi connectivity index (χ0v) is 10.0. The molecule has 5 heteroatoms. The third-order valence-electron chi connectivity index (χ3n) is 2.77. The maximum absolute atomic E-state index is 11.2. The number of urea groups is 1. The van der Waals surface area contributed by atoms with Crippen LogP contribution in [0.15, 0.2) is 0 Å². The summed E-state index contributed by atoms with van der Waals surface area (Å²) in [6, 6.07) is 0.0216. The van der Waals surface area contributed by atoms with Crippen molar-refractivity contribution in [3.8, 4) is 0 Å². The van der Waals surface area contributed by atoms with Crippen molar-refractivity contribution in [1.82, 2.24) is 15.5 Å². The van der Waals surface area contributed by atoms with Gasteiger partial charge in [-0.1, -0.05) is 19.8 Å². The Hall–Kier alpha value is -0.810. The molecule has 2 amide bonds. The predicted octanol–water partition coefficient (Wildman–Crippen LogP) is 0.152. The van der Waals surface area contributed by atoms with Gasteiger partial charge in [-0.25, -0.2) is 4.79 Å². The van der Waals surface area contributed by atoms with Crippen LogP contribution < -0.4 is 10.6 Å². The molecule has 5 nitrogen and oxygen atoms in total. The van der Waals surface area contributed by atoms with E-state index >= 15 is 0 Å². The Bertz CT molecular complexity index is 211. The zero-order valence-electron chi connectivity index (χ0n) is 10.0. The molecule has 1 saturated heterocycles. The van der Waals surface area contributed by atoms with E-state index in [0.717, 1.165) is 38.9 Å². The molecule has 0 spiro atoms. The third-order valence-corrected chi connectivity index (χ3v) is 2.77. The summed E-state index contributed by atoms with van der Waals surface area (Å²) >= 11 is 0. The summed E-state index contributed by atoms with van der Waals surface area (Å²) < 4.78 is 0. The van der Waals surface area contributed by atoms with E-state index in [1.165, 1.54) is 0 Å². The Kier molecular flexibility index (Phi) is 6.18. The molecular formula is C11H23N3O2. The summed E-state index contributed by atoms with van der Waals surface area (Å²) in [4.78, 5) is 13.0. The Morgan fingerprint density at radius 3 is 3.06 bits per heavy atom. The number of rotatable bonds is 8. The fourth-order valence-corrected chi connectivity index (χ4v) is 1.75. The monoisotopic (exact) mass is 229 g/mol. The molecule has 1 fully saturated rings. The molecule has 1 atom stereocenters. The maximum Gasteiger partial charge on any atom is 0.317 e. The number of nitrogens with zero attached hydrogens (tertiary/aromatic N) is 1. The highest BCUT2D eigenvalue weighted by Crippen LogP contribution is 1.99. The lowest BCUT2D eigenvalue weighted by molar-refractivity contribution is 0.157. The molecule has 0 bridgehead atoms. The molecule has 0 saturated carbocycles. The Labute approximate surface area is 97.2 Å². The van der Waals surface area contributed by atoms with Gasteiger partial charge in [-0.3, -0.25) is 0 Å². The van der Waals surface area contributed by atoms with E-state index in [2.05, 4.69) is 17.6 Å². The lowest BCUT2D eigenvalue weighted by Crippen LogP contribution is -2.37. The van der Waals surface area contributed by atoms with Crippen molar-refractivity contribution < 1.29 is 9.90 Å². The van der Waals surface area contributed by atoms with E-state index in [9.17, 15) is 9.90 Å². The average molecular weight is 229 g/mol. The molecule has 1 unspecified atom stereocenters. The molecular weight excluding hydrogens is 206 g/mol. The van der Waals surface area contributed by atoms with Crippen LogP contribution >= 0.6 is 0 Å². The number of hydrogen-bond acceptors (Lipinski definition) is 3. The van der Waals surface area contributed by atoms with Crippen LogP contribution in [0, 0.1) is 0 Å². The first kappa shape index (κ1) is 13.3. The maximum atomic E-state index is 11.2. The van der Waals surface area contributed by atoms with Crippen molar-refractivity contribution in [2.75, 3.05) is 32.7 Å². The molecule has 16 heavy (non-hydrogen) atoms. The van der Waals surface area contributed by atoms with Crippen LogP contribution in [0.2, 0.25) is 0 Å². The minimum absolute atomic E-state index is 0.0216. The van der Waals surface area contributed by atoms with Gasteiger partial charge in [-0.05, 0) is 6.42 Å². The number of aliphatic hydroxyl groups is 1. The van der Waals surface area contributed by atoms with Gasteiger partial charge in [0.1, 0.15) is 0 Å². The van der Waals surface area contributed by atoms with Gasteiger partial charge in [-0.2, -0.15) is 0 Å². The summed E-state index contributed by atoms with van der Waals surface area (Å²) in [6.07, 6.45) is 2.78. The van der Waals surface area contributed by atoms with Crippen molar-refractivity contribution in [1.29, 1.82) is 0 Å². The van der Waals surface area contributed by atoms with Crippen molar-refractivity contribution >= 4 is 6.03 Å². The zero-order chi connectivity index (χ0) is 11.8. The smallest absolute Gasteiger partial charge is 0.317 e. The molecule has 0 aliphatic carbocycles. The highest BCUT2D eigenvalue weighted by molar-refractivity contribution is 5.76. The van der Waals surface area contributed by atoms with Gasteiger partial charge < -0.3 is 20.6 Å². The number of amides is 2. The van der Waals surface area contributed by atoms with Crippen LogP contribution in [-0.2, 0) is 0 Å². The van der Waals surface area contributed by atoms with Crippen molar-refractivity contribution in [2.24, 2.45) is 0 Å². The molecule has 0 aromatic rings. The van der Waals surface area contributed by atoms with Crippen LogP contribution in [0.1, 0.15) is 26.2 Å². The molecule has 1 heterocycles. The van der Waals surface area contributed by atoms with Crippen molar-refractivity contribution in [3.05, 3.63) is 0 Å². The van der Waals surface area contributed by atoms with Gasteiger partial charge in [0.2, 0.25) is 0 Å². The van der Waals surface area contributed by atoms with E-state index < -0.39 is 0 Å². The molecule has 0 radical (unpaired) electrons. The van der Waals surface area contributed by atoms with Gasteiger partial charge in [0.15, 0.2) is 0 Å². The lowest BCUT2D eigenvalue weighted by Gasteiger charge is -2.15. The summed E-state index contributed by atoms with van der Waals surface area (Å²) in [7, 11) is 0. The second kappa shape index (κ2) is 7.46. The van der Waals surface area contributed by atoms with E-state index in [0.29, 0.717) is 13.1 Å². The normalized spacial score (nSPS) is 17.6. The first-order valence-corrected chi connectivity index (χ1v) is 6.15. The van der Waals surface area contributed by atoms with Crippen LogP contribution in [-0.4, -0.2) is 54.9 Å². The number of aliphatic hydroxyl groups excluding tert-OH is 1. The third kappa shape index (κ3) is 4.81. The molecule has 1 aliphatic rings. The minimum Gasteiger partial charge on any atom is -0.392 e. The van der Waals surface area contributed by atoms with E-state index in [4.69, 9.17) is 0 Å². The first-order chi connectivity index (χ1) is 7.74. The largest absolute Gasteiger partial charge is 0.392 e. The Morgan fingerprint density at radius 1 is 1.62 bits per heavy atom. The molecule has 0 aromatic heterocycles. The number of hydrogen-bond donors (Lipinski definition) is 3. The van der Waals surface area contributed by atoms with Gasteiger partial charge in [0.25, 0.3) is 0 Å². The summed E-state index contributed by atoms with van der Waals surface area (Å²) in [5.41, 5.74) is 0. The highest BCUT2D eigenvalue weighted by atomic mass is 16.3. The van der Waals surface area contributed by atoms with Gasteiger partial charge >= 0.3 is 6.03 Å². The predicted molar refractivity (Wildman–Crippen MR) is 63.4 cm³/mol. The molecule has 3 N–H and O–H groups in total. The Morgan fingerprint density at radius 2 is 2.44 bits per heavy atom. The van der Waals surface area contributed by atoms with Crippen LogP contribution in [0.25, 0.3) is 0 Å². The summed E-state index contributed by atoms with van der Waals surface area (Å²) in [5, 5.41) is 15.5. The standard InChI is InChI=1S/C11H23N3O2/c1-2-3-4-10(15)9-12-5-7-14-8-6-13-11(14)16/h10,12,15H,2-9H2,1H3,(H,13,16). The fraction of sp³-hybridized carbons (Fsp3) is 0.909. The van der Waals surface area contributed by atoms with Crippen molar-refractivity contribution in [2.45, 2.75) is 32.3 Å². The van der Waals surface area contributed by atoms with Gasteiger partial charge in [0.05, 0.1) is 6.10 Å². The van der Waals surface area contributed by atoms with Crippen LogP contribution in [0.3, 0.4) is 0 Å². The second-order valence-electron chi connectivity index (χ2n) is 4.22. The second-order valence-corrected chi connectivity index (χ2v) is 4.22. The first-order valence-electron chi connectivity index (χ1n) is 6.15. The highest BCUT2D eigenvalue weighted by Gasteiger charge is 2.18. The lowest BCUT2D eigenvalue weighted by atomic mass is 10.1. The molecule has 94 valence electrons. The molecule has 1 rings (SSSR count). The molecule has 0 aromatic carbocycles. The summed E-state index contributed by atoms with van der Waals surface area (Å²) in [6.45, 7) is 5.74. The van der Waals surface area contributed by atoms with E-state index in [1.54, 1.807) is 4.90 Å². The number of unbranched alkanes of at least 4 members (excludes halogenated alkanes) is 1. The SMILES string of the molecule is CCCCC(O)CNCCN1CCNC1=O.